The van der Waals surface area contributed by atoms with Gasteiger partial charge in [0.1, 0.15) is 5.82 Å². The van der Waals surface area contributed by atoms with Gasteiger partial charge in [-0.25, -0.2) is 4.98 Å². The van der Waals surface area contributed by atoms with Crippen LogP contribution in [0.2, 0.25) is 18.1 Å². The summed E-state index contributed by atoms with van der Waals surface area (Å²) in [5.41, 5.74) is 0. The normalized spacial score (nSPS) is 22.1. The van der Waals surface area contributed by atoms with Gasteiger partial charge < -0.3 is 9.74 Å². The standard InChI is InChI=1S/C16H25BrN2O2Si/c1-16(2,3)22(4,5)21-13-8-11(9-13)15(20)19-14-10-12(17)6-7-18-14/h6-7,10-11,13H,8-9H2,1-5H3,(H,18,19,20)/q-1. The lowest BCUT2D eigenvalue weighted by Crippen LogP contribution is -2.49. The van der Waals surface area contributed by atoms with Crippen LogP contribution >= 0.6 is 15.9 Å². The molecular weight excluding hydrogens is 360 g/mol. The number of carbonyl (C=O) groups is 1. The van der Waals surface area contributed by atoms with Crippen LogP contribution in [0.25, 0.3) is 0 Å². The van der Waals surface area contributed by atoms with E-state index in [9.17, 15) is 4.79 Å². The van der Waals surface area contributed by atoms with E-state index in [1.165, 1.54) is 0 Å². The van der Waals surface area contributed by atoms with Crippen molar-refractivity contribution in [2.45, 2.75) is 57.8 Å². The minimum absolute atomic E-state index is 0.0375. The van der Waals surface area contributed by atoms with E-state index < -0.39 is 8.32 Å². The van der Waals surface area contributed by atoms with E-state index in [1.54, 1.807) is 12.3 Å². The maximum atomic E-state index is 12.2. The van der Waals surface area contributed by atoms with E-state index >= 15 is 0 Å². The zero-order valence-electron chi connectivity index (χ0n) is 13.9. The molecule has 0 aromatic carbocycles. The molecule has 0 aliphatic heterocycles. The fourth-order valence-electron chi connectivity index (χ4n) is 2.17. The molecule has 1 heterocycles. The van der Waals surface area contributed by atoms with Gasteiger partial charge in [-0.3, -0.25) is 4.79 Å². The van der Waals surface area contributed by atoms with Crippen molar-refractivity contribution in [2.75, 3.05) is 5.32 Å². The number of anilines is 1. The summed E-state index contributed by atoms with van der Waals surface area (Å²) in [5, 5.41) is 3.08. The Hall–Kier alpha value is -0.723. The van der Waals surface area contributed by atoms with Gasteiger partial charge in [-0.05, 0) is 33.3 Å². The van der Waals surface area contributed by atoms with Gasteiger partial charge in [0, 0.05) is 22.7 Å². The molecule has 1 aromatic rings. The summed E-state index contributed by atoms with van der Waals surface area (Å²) in [6, 6.07) is 3.64. The van der Waals surface area contributed by atoms with Crippen molar-refractivity contribution in [3.8, 4) is 0 Å². The van der Waals surface area contributed by atoms with Gasteiger partial charge in [0.05, 0.1) is 0 Å². The predicted molar refractivity (Wildman–Crippen MR) is 95.4 cm³/mol. The summed E-state index contributed by atoms with van der Waals surface area (Å²) in [5.74, 6) is 0.671. The second-order valence-electron chi connectivity index (χ2n) is 7.52. The molecule has 4 nitrogen and oxygen atoms in total. The Labute approximate surface area is 142 Å². The number of hydrogen-bond donors (Lipinski definition) is 1. The Morgan fingerprint density at radius 3 is 2.59 bits per heavy atom. The van der Waals surface area contributed by atoms with Gasteiger partial charge in [0.2, 0.25) is 5.91 Å². The van der Waals surface area contributed by atoms with Crippen molar-refractivity contribution >= 4 is 36.0 Å². The highest BCUT2D eigenvalue weighted by Crippen LogP contribution is 2.41. The maximum absolute atomic E-state index is 12.2. The lowest BCUT2D eigenvalue weighted by atomic mass is 9.82. The van der Waals surface area contributed by atoms with Crippen LogP contribution in [0, 0.1) is 5.92 Å². The summed E-state index contributed by atoms with van der Waals surface area (Å²) < 4.78 is 7.23. The first-order chi connectivity index (χ1) is 10.1. The Morgan fingerprint density at radius 1 is 1.41 bits per heavy atom. The topological polar surface area (TPSA) is 51.2 Å². The molecule has 22 heavy (non-hydrogen) atoms. The summed E-state index contributed by atoms with van der Waals surface area (Å²) >= 11 is 3.37. The molecule has 1 fully saturated rings. The largest absolute Gasteiger partial charge is 0.562 e. The third-order valence-electron chi connectivity index (χ3n) is 4.71. The lowest BCUT2D eigenvalue weighted by Gasteiger charge is -2.53. The maximum Gasteiger partial charge on any atom is 0.228 e. The van der Waals surface area contributed by atoms with E-state index in [4.69, 9.17) is 4.43 Å². The third-order valence-corrected chi connectivity index (χ3v) is 9.73. The first-order valence-corrected chi connectivity index (χ1v) is 11.4. The Kier molecular flexibility index (Phi) is 5.14. The molecule has 0 spiro atoms. The average Bonchev–Trinajstić information content (AvgIpc) is 2.31. The van der Waals surface area contributed by atoms with Crippen molar-refractivity contribution < 1.29 is 9.22 Å². The predicted octanol–water partition coefficient (Wildman–Crippen LogP) is 4.58. The summed E-state index contributed by atoms with van der Waals surface area (Å²) in [4.78, 5) is 16.3. The minimum Gasteiger partial charge on any atom is -0.562 e. The summed E-state index contributed by atoms with van der Waals surface area (Å²) in [6.07, 6.45) is 3.52. The van der Waals surface area contributed by atoms with Crippen LogP contribution in [0.5, 0.6) is 0 Å². The van der Waals surface area contributed by atoms with Crippen LogP contribution in [0.3, 0.4) is 0 Å². The van der Waals surface area contributed by atoms with Crippen LogP contribution in [0.4, 0.5) is 5.82 Å². The second-order valence-corrected chi connectivity index (χ2v) is 13.2. The first-order valence-electron chi connectivity index (χ1n) is 7.69. The molecule has 1 aliphatic rings. The summed E-state index contributed by atoms with van der Waals surface area (Å²) in [7, 11) is -1.73. The van der Waals surface area contributed by atoms with Gasteiger partial charge in [-0.15, -0.1) is 18.1 Å². The lowest BCUT2D eigenvalue weighted by molar-refractivity contribution is -0.125. The van der Waals surface area contributed by atoms with Crippen LogP contribution in [0.1, 0.15) is 33.6 Å². The minimum atomic E-state index is -1.73. The zero-order valence-corrected chi connectivity index (χ0v) is 16.5. The molecule has 123 valence electrons. The summed E-state index contributed by atoms with van der Waals surface area (Å²) in [6.45, 7) is 11.2. The molecule has 1 amide bonds. The van der Waals surface area contributed by atoms with Gasteiger partial charge in [0.15, 0.2) is 0 Å². The van der Waals surface area contributed by atoms with E-state index in [0.29, 0.717) is 5.82 Å². The fraction of sp³-hybridized carbons (Fsp3) is 0.625. The molecule has 0 radical (unpaired) electrons. The van der Waals surface area contributed by atoms with Gasteiger partial charge in [0.25, 0.3) is 0 Å². The Bertz CT molecular complexity index is 551. The molecule has 2 rings (SSSR count). The number of aromatic nitrogens is 1. The highest BCUT2D eigenvalue weighted by molar-refractivity contribution is 9.10. The van der Waals surface area contributed by atoms with Crippen LogP contribution in [0.15, 0.2) is 22.8 Å². The molecule has 1 aromatic heterocycles. The zero-order chi connectivity index (χ0) is 16.5. The van der Waals surface area contributed by atoms with Gasteiger partial charge >= 0.3 is 0 Å². The number of nitrogens with zero attached hydrogens (tertiary/aromatic N) is 1. The Morgan fingerprint density at radius 2 is 2.05 bits per heavy atom. The molecule has 0 saturated heterocycles. The number of pyridine rings is 1. The number of halogens is 1. The van der Waals surface area contributed by atoms with E-state index in [0.717, 1.165) is 17.3 Å². The smallest absolute Gasteiger partial charge is 0.228 e. The molecule has 0 atom stereocenters. The van der Waals surface area contributed by atoms with E-state index in [2.05, 4.69) is 60.1 Å². The molecule has 6 heteroatoms. The molecule has 0 unspecified atom stereocenters. The average molecular weight is 385 g/mol. The second kappa shape index (κ2) is 6.41. The van der Waals surface area contributed by atoms with Crippen molar-refractivity contribution in [2.24, 2.45) is 5.92 Å². The van der Waals surface area contributed by atoms with Crippen molar-refractivity contribution in [1.29, 1.82) is 0 Å². The Balaban J connectivity index is 1.83. The van der Waals surface area contributed by atoms with Crippen LogP contribution in [-0.4, -0.2) is 25.3 Å². The molecule has 1 N–H and O–H groups in total. The first kappa shape index (κ1) is 17.6. The molecule has 1 aliphatic carbocycles. The number of carbonyl (C=O) groups excluding carboxylic acids is 1. The van der Waals surface area contributed by atoms with Gasteiger partial charge in [-0.1, -0.05) is 36.7 Å². The SMILES string of the molecule is CC(C)(C)[Si-](C)(C)OC1CC(C(=O)Nc2cc(Br)ccn2)C1. The van der Waals surface area contributed by atoms with Crippen molar-refractivity contribution in [3.63, 3.8) is 0 Å². The monoisotopic (exact) mass is 384 g/mol. The number of rotatable bonds is 4. The molecular formula is C16H25BrN2O2Si-. The van der Waals surface area contributed by atoms with E-state index in [1.807, 2.05) is 6.07 Å². The number of nitrogens with one attached hydrogen (secondary N) is 1. The highest BCUT2D eigenvalue weighted by atomic mass is 79.9. The van der Waals surface area contributed by atoms with Crippen molar-refractivity contribution in [3.05, 3.63) is 22.8 Å². The molecule has 0 bridgehead atoms. The quantitative estimate of drug-likeness (QED) is 0.772. The van der Waals surface area contributed by atoms with Crippen LogP contribution < -0.4 is 5.32 Å². The number of hydrogen-bond acceptors (Lipinski definition) is 3. The highest BCUT2D eigenvalue weighted by Gasteiger charge is 2.37. The fourth-order valence-corrected chi connectivity index (χ4v) is 3.89. The van der Waals surface area contributed by atoms with Crippen molar-refractivity contribution in [1.82, 2.24) is 4.98 Å². The molecule has 1 saturated carbocycles. The van der Waals surface area contributed by atoms with Gasteiger partial charge in [-0.2, -0.15) is 0 Å². The third kappa shape index (κ3) is 4.17. The van der Waals surface area contributed by atoms with Crippen LogP contribution in [-0.2, 0) is 9.22 Å². The van der Waals surface area contributed by atoms with E-state index in [-0.39, 0.29) is 23.0 Å². The number of amides is 1.